The molecule has 1 saturated heterocycles. The molecule has 2 rings (SSSR count). The largest absolute Gasteiger partial charge is 0.393 e. The molecule has 4 heteroatoms. The van der Waals surface area contributed by atoms with Crippen molar-refractivity contribution in [3.8, 4) is 0 Å². The molecule has 0 aliphatic carbocycles. The third-order valence-electron chi connectivity index (χ3n) is 4.63. The molecule has 1 aliphatic heterocycles. The van der Waals surface area contributed by atoms with Gasteiger partial charge in [0, 0.05) is 19.6 Å². The lowest BCUT2D eigenvalue weighted by Crippen LogP contribution is -2.46. The number of carbonyl (C=O) groups is 1. The highest BCUT2D eigenvalue weighted by Gasteiger charge is 2.25. The summed E-state index contributed by atoms with van der Waals surface area (Å²) in [5.74, 6) is 0.334. The van der Waals surface area contributed by atoms with Gasteiger partial charge in [-0.3, -0.25) is 0 Å². The van der Waals surface area contributed by atoms with E-state index in [0.29, 0.717) is 12.5 Å². The topological polar surface area (TPSA) is 52.6 Å². The lowest BCUT2D eigenvalue weighted by Gasteiger charge is -2.33. The molecule has 0 aromatic heterocycles. The van der Waals surface area contributed by atoms with Gasteiger partial charge in [-0.2, -0.15) is 0 Å². The van der Waals surface area contributed by atoms with Crippen molar-refractivity contribution in [2.24, 2.45) is 5.92 Å². The standard InChI is InChI=1S/C18H28N2O2/c1-3-15-4-6-16(7-5-15)8-11-19-18(22)20-12-9-17(10-13-20)14(2)21/h4-7,14,17,21H,3,8-13H2,1-2H3,(H,19,22). The van der Waals surface area contributed by atoms with Gasteiger partial charge in [0.25, 0.3) is 0 Å². The molecule has 1 unspecified atom stereocenters. The number of nitrogens with one attached hydrogen (secondary N) is 1. The van der Waals surface area contributed by atoms with Gasteiger partial charge in [0.05, 0.1) is 6.10 Å². The highest BCUT2D eigenvalue weighted by atomic mass is 16.3. The van der Waals surface area contributed by atoms with Gasteiger partial charge in [-0.05, 0) is 49.7 Å². The van der Waals surface area contributed by atoms with Gasteiger partial charge in [-0.25, -0.2) is 4.79 Å². The number of hydrogen-bond donors (Lipinski definition) is 2. The Morgan fingerprint density at radius 2 is 1.86 bits per heavy atom. The quantitative estimate of drug-likeness (QED) is 0.878. The molecule has 1 aliphatic rings. The Kier molecular flexibility index (Phi) is 6.25. The second-order valence-corrected chi connectivity index (χ2v) is 6.22. The van der Waals surface area contributed by atoms with Gasteiger partial charge in [0.2, 0.25) is 0 Å². The van der Waals surface area contributed by atoms with Crippen molar-refractivity contribution >= 4 is 6.03 Å². The summed E-state index contributed by atoms with van der Waals surface area (Å²) in [7, 11) is 0. The third-order valence-corrected chi connectivity index (χ3v) is 4.63. The van der Waals surface area contributed by atoms with Gasteiger partial charge >= 0.3 is 6.03 Å². The molecule has 0 saturated carbocycles. The number of aliphatic hydroxyl groups excluding tert-OH is 1. The minimum Gasteiger partial charge on any atom is -0.393 e. The number of carbonyl (C=O) groups excluding carboxylic acids is 1. The number of aliphatic hydroxyl groups is 1. The summed E-state index contributed by atoms with van der Waals surface area (Å²) in [5.41, 5.74) is 2.60. The van der Waals surface area contributed by atoms with Crippen molar-refractivity contribution in [1.82, 2.24) is 10.2 Å². The van der Waals surface area contributed by atoms with Gasteiger partial charge in [0.1, 0.15) is 0 Å². The van der Waals surface area contributed by atoms with E-state index in [1.165, 1.54) is 11.1 Å². The molecule has 1 fully saturated rings. The number of benzene rings is 1. The van der Waals surface area contributed by atoms with Crippen LogP contribution in [-0.4, -0.2) is 41.8 Å². The second-order valence-electron chi connectivity index (χ2n) is 6.22. The van der Waals surface area contributed by atoms with Crippen LogP contribution in [0.4, 0.5) is 4.79 Å². The minimum absolute atomic E-state index is 0.0224. The average molecular weight is 304 g/mol. The van der Waals surface area contributed by atoms with E-state index in [1.807, 2.05) is 11.8 Å². The Morgan fingerprint density at radius 1 is 1.27 bits per heavy atom. The van der Waals surface area contributed by atoms with Crippen LogP contribution in [-0.2, 0) is 12.8 Å². The van der Waals surface area contributed by atoms with E-state index in [0.717, 1.165) is 38.8 Å². The van der Waals surface area contributed by atoms with Crippen LogP contribution in [0.2, 0.25) is 0 Å². The molecular formula is C18H28N2O2. The minimum atomic E-state index is -0.267. The molecule has 2 N–H and O–H groups in total. The average Bonchev–Trinajstić information content (AvgIpc) is 2.55. The van der Waals surface area contributed by atoms with E-state index in [1.54, 1.807) is 0 Å². The highest BCUT2D eigenvalue weighted by Crippen LogP contribution is 2.20. The molecule has 0 bridgehead atoms. The van der Waals surface area contributed by atoms with Crippen LogP contribution in [0.3, 0.4) is 0 Å². The van der Waals surface area contributed by atoms with Crippen molar-refractivity contribution in [3.05, 3.63) is 35.4 Å². The fourth-order valence-electron chi connectivity index (χ4n) is 2.95. The van der Waals surface area contributed by atoms with E-state index >= 15 is 0 Å². The molecule has 0 radical (unpaired) electrons. The Balaban J connectivity index is 1.69. The van der Waals surface area contributed by atoms with Crippen molar-refractivity contribution in [3.63, 3.8) is 0 Å². The van der Waals surface area contributed by atoms with Crippen LogP contribution in [0.25, 0.3) is 0 Å². The molecule has 1 heterocycles. The summed E-state index contributed by atoms with van der Waals surface area (Å²) in [6, 6.07) is 8.60. The van der Waals surface area contributed by atoms with Crippen molar-refractivity contribution in [2.45, 2.75) is 45.6 Å². The molecule has 0 spiro atoms. The number of amides is 2. The smallest absolute Gasteiger partial charge is 0.317 e. The summed E-state index contributed by atoms with van der Waals surface area (Å²) < 4.78 is 0. The third kappa shape index (κ3) is 4.73. The SMILES string of the molecule is CCc1ccc(CCNC(=O)N2CCC(C(C)O)CC2)cc1. The van der Waals surface area contributed by atoms with Crippen LogP contribution < -0.4 is 5.32 Å². The summed E-state index contributed by atoms with van der Waals surface area (Å²) in [4.78, 5) is 14.0. The van der Waals surface area contributed by atoms with E-state index in [2.05, 4.69) is 36.5 Å². The summed E-state index contributed by atoms with van der Waals surface area (Å²) >= 11 is 0. The maximum Gasteiger partial charge on any atom is 0.317 e. The summed E-state index contributed by atoms with van der Waals surface area (Å²) in [6.45, 7) is 6.14. The highest BCUT2D eigenvalue weighted by molar-refractivity contribution is 5.74. The Bertz CT molecular complexity index is 462. The van der Waals surface area contributed by atoms with Crippen LogP contribution in [0.1, 0.15) is 37.8 Å². The number of rotatable bonds is 5. The first kappa shape index (κ1) is 16.8. The molecule has 1 aromatic rings. The lowest BCUT2D eigenvalue weighted by molar-refractivity contribution is 0.0799. The lowest BCUT2D eigenvalue weighted by atomic mass is 9.92. The monoisotopic (exact) mass is 304 g/mol. The van der Waals surface area contributed by atoms with Gasteiger partial charge in [-0.15, -0.1) is 0 Å². The van der Waals surface area contributed by atoms with Crippen molar-refractivity contribution in [1.29, 1.82) is 0 Å². The van der Waals surface area contributed by atoms with Gasteiger partial charge < -0.3 is 15.3 Å². The molecule has 122 valence electrons. The fourth-order valence-corrected chi connectivity index (χ4v) is 2.95. The molecule has 1 atom stereocenters. The zero-order valence-electron chi connectivity index (χ0n) is 13.7. The normalized spacial score (nSPS) is 17.3. The van der Waals surface area contributed by atoms with Gasteiger partial charge in [0.15, 0.2) is 0 Å². The Hall–Kier alpha value is -1.55. The van der Waals surface area contributed by atoms with E-state index in [9.17, 15) is 9.90 Å². The predicted molar refractivity (Wildman–Crippen MR) is 88.9 cm³/mol. The van der Waals surface area contributed by atoms with E-state index < -0.39 is 0 Å². The number of hydrogen-bond acceptors (Lipinski definition) is 2. The first-order valence-corrected chi connectivity index (χ1v) is 8.38. The number of likely N-dealkylation sites (tertiary alicyclic amines) is 1. The van der Waals surface area contributed by atoms with Crippen LogP contribution in [0.15, 0.2) is 24.3 Å². The van der Waals surface area contributed by atoms with Crippen molar-refractivity contribution < 1.29 is 9.90 Å². The predicted octanol–water partition coefficient (Wildman–Crippen LogP) is 2.59. The van der Waals surface area contributed by atoms with Crippen molar-refractivity contribution in [2.75, 3.05) is 19.6 Å². The number of nitrogens with zero attached hydrogens (tertiary/aromatic N) is 1. The molecule has 22 heavy (non-hydrogen) atoms. The summed E-state index contributed by atoms with van der Waals surface area (Å²) in [6.07, 6.45) is 3.43. The maximum absolute atomic E-state index is 12.1. The summed E-state index contributed by atoms with van der Waals surface area (Å²) in [5, 5.41) is 12.6. The molecule has 2 amide bonds. The zero-order valence-corrected chi connectivity index (χ0v) is 13.7. The number of urea groups is 1. The molecule has 4 nitrogen and oxygen atoms in total. The van der Waals surface area contributed by atoms with E-state index in [-0.39, 0.29) is 12.1 Å². The second kappa shape index (κ2) is 8.18. The van der Waals surface area contributed by atoms with E-state index in [4.69, 9.17) is 0 Å². The maximum atomic E-state index is 12.1. The fraction of sp³-hybridized carbons (Fsp3) is 0.611. The molecular weight excluding hydrogens is 276 g/mol. The van der Waals surface area contributed by atoms with Crippen LogP contribution in [0.5, 0.6) is 0 Å². The number of aryl methyl sites for hydroxylation is 1. The number of piperidine rings is 1. The Labute approximate surface area is 133 Å². The zero-order chi connectivity index (χ0) is 15.9. The van der Waals surface area contributed by atoms with Crippen LogP contribution >= 0.6 is 0 Å². The first-order chi connectivity index (χ1) is 10.6. The van der Waals surface area contributed by atoms with Crippen LogP contribution in [0, 0.1) is 5.92 Å². The van der Waals surface area contributed by atoms with Gasteiger partial charge in [-0.1, -0.05) is 31.2 Å². The first-order valence-electron chi connectivity index (χ1n) is 8.38. The molecule has 1 aromatic carbocycles. The Morgan fingerprint density at radius 3 is 2.41 bits per heavy atom.